The number of rotatable bonds is 5. The van der Waals surface area contributed by atoms with E-state index in [1.165, 1.54) is 54.3 Å². The molecule has 1 aromatic carbocycles. The number of carbonyl (C=O) groups is 2. The fourth-order valence-corrected chi connectivity index (χ4v) is 4.50. The third-order valence-electron chi connectivity index (χ3n) is 4.45. The number of piperidine rings is 1. The van der Waals surface area contributed by atoms with Crippen molar-refractivity contribution in [3.05, 3.63) is 48.4 Å². The molecule has 8 nitrogen and oxygen atoms in total. The normalized spacial score (nSPS) is 18.0. The lowest BCUT2D eigenvalue weighted by Crippen LogP contribution is -2.42. The van der Waals surface area contributed by atoms with Crippen LogP contribution in [0, 0.1) is 5.92 Å². The Morgan fingerprint density at radius 1 is 1.22 bits per heavy atom. The van der Waals surface area contributed by atoms with E-state index in [0.29, 0.717) is 30.6 Å². The monoisotopic (exact) mass is 392 g/mol. The Morgan fingerprint density at radius 3 is 2.59 bits per heavy atom. The molecule has 1 aliphatic rings. The highest BCUT2D eigenvalue weighted by atomic mass is 32.2. The van der Waals surface area contributed by atoms with E-state index in [1.807, 2.05) is 0 Å². The lowest BCUT2D eigenvalue weighted by atomic mass is 10.0. The minimum Gasteiger partial charge on any atom is -0.472 e. The van der Waals surface area contributed by atoms with Crippen LogP contribution in [-0.2, 0) is 19.6 Å². The number of carbonyl (C=O) groups excluding carboxylic acids is 2. The highest BCUT2D eigenvalue weighted by Gasteiger charge is 2.33. The minimum atomic E-state index is -3.73. The molecule has 2 aromatic rings. The molecule has 1 saturated heterocycles. The SMILES string of the molecule is COC(=O)[C@@H]1CCCN(S(=O)(=O)c2ccc(NC(=O)c3ccoc3)cc2)C1. The number of anilines is 1. The van der Waals surface area contributed by atoms with Crippen molar-refractivity contribution >= 4 is 27.6 Å². The summed E-state index contributed by atoms with van der Waals surface area (Å²) >= 11 is 0. The summed E-state index contributed by atoms with van der Waals surface area (Å²) in [5, 5.41) is 2.66. The Bertz CT molecular complexity index is 906. The Balaban J connectivity index is 1.71. The molecule has 0 unspecified atom stereocenters. The fraction of sp³-hybridized carbons (Fsp3) is 0.333. The smallest absolute Gasteiger partial charge is 0.309 e. The van der Waals surface area contributed by atoms with Gasteiger partial charge >= 0.3 is 5.97 Å². The molecule has 0 spiro atoms. The maximum atomic E-state index is 12.8. The van der Waals surface area contributed by atoms with Gasteiger partial charge in [-0.25, -0.2) is 8.42 Å². The molecule has 27 heavy (non-hydrogen) atoms. The first-order valence-electron chi connectivity index (χ1n) is 8.43. The van der Waals surface area contributed by atoms with Crippen LogP contribution in [-0.4, -0.2) is 44.8 Å². The molecule has 0 bridgehead atoms. The number of hydrogen-bond acceptors (Lipinski definition) is 6. The van der Waals surface area contributed by atoms with Crippen LogP contribution in [0.15, 0.2) is 52.2 Å². The predicted molar refractivity (Wildman–Crippen MR) is 96.6 cm³/mol. The molecule has 0 radical (unpaired) electrons. The Labute approximate surface area is 157 Å². The van der Waals surface area contributed by atoms with Crippen LogP contribution in [0.4, 0.5) is 5.69 Å². The summed E-state index contributed by atoms with van der Waals surface area (Å²) in [5.41, 5.74) is 0.833. The summed E-state index contributed by atoms with van der Waals surface area (Å²) in [6, 6.07) is 7.44. The van der Waals surface area contributed by atoms with Crippen molar-refractivity contribution < 1.29 is 27.2 Å². The zero-order valence-electron chi connectivity index (χ0n) is 14.8. The van der Waals surface area contributed by atoms with Gasteiger partial charge in [-0.1, -0.05) is 0 Å². The largest absolute Gasteiger partial charge is 0.472 e. The number of benzene rings is 1. The summed E-state index contributed by atoms with van der Waals surface area (Å²) in [6.45, 7) is 0.461. The van der Waals surface area contributed by atoms with Crippen molar-refractivity contribution in [1.29, 1.82) is 0 Å². The van der Waals surface area contributed by atoms with Crippen molar-refractivity contribution in [1.82, 2.24) is 4.31 Å². The first kappa shape index (κ1) is 19.1. The number of esters is 1. The van der Waals surface area contributed by atoms with Crippen molar-refractivity contribution in [3.63, 3.8) is 0 Å². The van der Waals surface area contributed by atoms with Crippen molar-refractivity contribution in [2.75, 3.05) is 25.5 Å². The highest BCUT2D eigenvalue weighted by molar-refractivity contribution is 7.89. The summed E-state index contributed by atoms with van der Waals surface area (Å²) in [5.74, 6) is -1.20. The van der Waals surface area contributed by atoms with E-state index in [9.17, 15) is 18.0 Å². The topological polar surface area (TPSA) is 106 Å². The van der Waals surface area contributed by atoms with Crippen molar-refractivity contribution in [2.24, 2.45) is 5.92 Å². The molecule has 0 aliphatic carbocycles. The second kappa shape index (κ2) is 7.93. The third kappa shape index (κ3) is 4.20. The number of furan rings is 1. The second-order valence-electron chi connectivity index (χ2n) is 6.22. The molecule has 3 rings (SSSR count). The fourth-order valence-electron chi connectivity index (χ4n) is 2.98. The number of nitrogens with one attached hydrogen (secondary N) is 1. The summed E-state index contributed by atoms with van der Waals surface area (Å²) < 4.78 is 36.6. The molecular weight excluding hydrogens is 372 g/mol. The maximum absolute atomic E-state index is 12.8. The van der Waals surface area contributed by atoms with E-state index in [2.05, 4.69) is 5.32 Å². The molecule has 1 aromatic heterocycles. The summed E-state index contributed by atoms with van der Waals surface area (Å²) in [7, 11) is -2.43. The first-order chi connectivity index (χ1) is 12.9. The van der Waals surface area contributed by atoms with Gasteiger partial charge in [0.05, 0.1) is 29.7 Å². The standard InChI is InChI=1S/C18H20N2O6S/c1-25-18(22)13-3-2-9-20(11-13)27(23,24)16-6-4-15(5-7-16)19-17(21)14-8-10-26-12-14/h4-8,10,12-13H,2-3,9,11H2,1H3,(H,19,21)/t13-/m1/s1. The van der Waals surface area contributed by atoms with Gasteiger partial charge in [-0.05, 0) is 43.2 Å². The maximum Gasteiger partial charge on any atom is 0.309 e. The molecule has 144 valence electrons. The van der Waals surface area contributed by atoms with Gasteiger partial charge in [0.15, 0.2) is 0 Å². The van der Waals surface area contributed by atoms with Crippen LogP contribution in [0.2, 0.25) is 0 Å². The Morgan fingerprint density at radius 2 is 1.96 bits per heavy atom. The lowest BCUT2D eigenvalue weighted by Gasteiger charge is -2.30. The molecule has 1 atom stereocenters. The second-order valence-corrected chi connectivity index (χ2v) is 8.15. The number of nitrogens with zero attached hydrogens (tertiary/aromatic N) is 1. The number of sulfonamides is 1. The number of methoxy groups -OCH3 is 1. The van der Waals surface area contributed by atoms with E-state index in [4.69, 9.17) is 9.15 Å². The Kier molecular flexibility index (Phi) is 5.62. The van der Waals surface area contributed by atoms with Crippen LogP contribution in [0.3, 0.4) is 0 Å². The predicted octanol–water partition coefficient (Wildman–Crippen LogP) is 2.11. The van der Waals surface area contributed by atoms with Gasteiger partial charge in [-0.15, -0.1) is 0 Å². The number of hydrogen-bond donors (Lipinski definition) is 1. The lowest BCUT2D eigenvalue weighted by molar-refractivity contribution is -0.146. The van der Waals surface area contributed by atoms with E-state index in [1.54, 1.807) is 0 Å². The molecule has 1 N–H and O–H groups in total. The number of amides is 1. The zero-order chi connectivity index (χ0) is 19.4. The van der Waals surface area contributed by atoms with Gasteiger partial charge in [0.1, 0.15) is 6.26 Å². The van der Waals surface area contributed by atoms with Crippen LogP contribution in [0.5, 0.6) is 0 Å². The third-order valence-corrected chi connectivity index (χ3v) is 6.33. The van der Waals surface area contributed by atoms with Gasteiger partial charge in [-0.2, -0.15) is 4.31 Å². The molecule has 0 saturated carbocycles. The molecule has 1 fully saturated rings. The zero-order valence-corrected chi connectivity index (χ0v) is 15.6. The van der Waals surface area contributed by atoms with Crippen molar-refractivity contribution in [3.8, 4) is 0 Å². The Hall–Kier alpha value is -2.65. The van der Waals surface area contributed by atoms with Gasteiger partial charge < -0.3 is 14.5 Å². The molecule has 1 aliphatic heterocycles. The molecule has 1 amide bonds. The quantitative estimate of drug-likeness (QED) is 0.781. The first-order valence-corrected chi connectivity index (χ1v) is 9.87. The van der Waals surface area contributed by atoms with Crippen LogP contribution in [0.25, 0.3) is 0 Å². The van der Waals surface area contributed by atoms with Crippen LogP contribution >= 0.6 is 0 Å². The van der Waals surface area contributed by atoms with Gasteiger partial charge in [-0.3, -0.25) is 9.59 Å². The van der Waals surface area contributed by atoms with Gasteiger partial charge in [0, 0.05) is 18.8 Å². The molecule has 9 heteroatoms. The van der Waals surface area contributed by atoms with Gasteiger partial charge in [0.2, 0.25) is 10.0 Å². The van der Waals surface area contributed by atoms with E-state index in [-0.39, 0.29) is 17.3 Å². The molecule has 2 heterocycles. The number of ether oxygens (including phenoxy) is 1. The van der Waals surface area contributed by atoms with E-state index < -0.39 is 21.9 Å². The van der Waals surface area contributed by atoms with Crippen molar-refractivity contribution in [2.45, 2.75) is 17.7 Å². The average Bonchev–Trinajstić information content (AvgIpc) is 3.23. The van der Waals surface area contributed by atoms with Gasteiger partial charge in [0.25, 0.3) is 5.91 Å². The summed E-state index contributed by atoms with van der Waals surface area (Å²) in [4.78, 5) is 23.8. The van der Waals surface area contributed by atoms with Crippen LogP contribution in [0.1, 0.15) is 23.2 Å². The van der Waals surface area contributed by atoms with E-state index >= 15 is 0 Å². The minimum absolute atomic E-state index is 0.105. The van der Waals surface area contributed by atoms with E-state index in [0.717, 1.165) is 0 Å². The van der Waals surface area contributed by atoms with Crippen LogP contribution < -0.4 is 5.32 Å². The highest BCUT2D eigenvalue weighted by Crippen LogP contribution is 2.25. The summed E-state index contributed by atoms with van der Waals surface area (Å²) in [6.07, 6.45) is 3.92. The average molecular weight is 392 g/mol. The molecular formula is C18H20N2O6S.